The molecule has 9 heteroatoms. The number of hydrogen-bond acceptors (Lipinski definition) is 4. The summed E-state index contributed by atoms with van der Waals surface area (Å²) >= 11 is 15.1. The maximum absolute atomic E-state index is 14.3. The third-order valence-corrected chi connectivity index (χ3v) is 4.70. The predicted octanol–water partition coefficient (Wildman–Crippen LogP) is 2.69. The second-order valence-corrected chi connectivity index (χ2v) is 6.21. The zero-order chi connectivity index (χ0) is 15.3. The van der Waals surface area contributed by atoms with Crippen molar-refractivity contribution < 1.29 is 19.3 Å². The Balaban J connectivity index is 2.12. The highest BCUT2D eigenvalue weighted by Gasteiger charge is 2.45. The van der Waals surface area contributed by atoms with Gasteiger partial charge in [-0.1, -0.05) is 23.2 Å². The fourth-order valence-electron chi connectivity index (χ4n) is 2.37. The summed E-state index contributed by atoms with van der Waals surface area (Å²) in [5, 5.41) is 19.5. The van der Waals surface area contributed by atoms with Gasteiger partial charge in [0.05, 0.1) is 27.7 Å². The van der Waals surface area contributed by atoms with E-state index in [-0.39, 0.29) is 0 Å². The summed E-state index contributed by atoms with van der Waals surface area (Å²) in [6, 6.07) is 3.11. The molecule has 1 fully saturated rings. The van der Waals surface area contributed by atoms with Crippen LogP contribution < -0.4 is 0 Å². The van der Waals surface area contributed by atoms with Crippen molar-refractivity contribution in [2.75, 3.05) is 6.61 Å². The van der Waals surface area contributed by atoms with Gasteiger partial charge in [0.1, 0.15) is 12.2 Å². The minimum Gasteiger partial charge on any atom is -0.394 e. The molecule has 1 saturated heterocycles. The second-order valence-electron chi connectivity index (χ2n) is 4.69. The number of alkyl halides is 1. The minimum atomic E-state index is -1.70. The molecule has 2 aromatic rings. The van der Waals surface area contributed by atoms with Crippen LogP contribution in [0, 0.1) is 0 Å². The third-order valence-electron chi connectivity index (χ3n) is 3.42. The van der Waals surface area contributed by atoms with Gasteiger partial charge in [-0.2, -0.15) is 0 Å². The Kier molecular flexibility index (Phi) is 4.15. The number of benzene rings is 1. The van der Waals surface area contributed by atoms with Gasteiger partial charge in [-0.3, -0.25) is 4.57 Å². The lowest BCUT2D eigenvalue weighted by atomic mass is 10.1. The van der Waals surface area contributed by atoms with E-state index in [2.05, 4.69) is 20.9 Å². The van der Waals surface area contributed by atoms with Crippen LogP contribution in [0.15, 0.2) is 16.9 Å². The molecule has 3 rings (SSSR count). The van der Waals surface area contributed by atoms with E-state index < -0.39 is 31.2 Å². The fourth-order valence-corrected chi connectivity index (χ4v) is 3.27. The van der Waals surface area contributed by atoms with Gasteiger partial charge in [-0.05, 0) is 28.1 Å². The van der Waals surface area contributed by atoms with Crippen LogP contribution in [0.5, 0.6) is 0 Å². The first-order chi connectivity index (χ1) is 9.93. The highest BCUT2D eigenvalue weighted by Crippen LogP contribution is 2.38. The summed E-state index contributed by atoms with van der Waals surface area (Å²) in [5.41, 5.74) is 1.02. The van der Waals surface area contributed by atoms with Gasteiger partial charge in [0.15, 0.2) is 17.1 Å². The number of aromatic nitrogens is 2. The van der Waals surface area contributed by atoms with Crippen molar-refractivity contribution in [3.05, 3.63) is 26.9 Å². The number of imidazole rings is 1. The monoisotopic (exact) mass is 398 g/mol. The van der Waals surface area contributed by atoms with Gasteiger partial charge in [0.2, 0.25) is 0 Å². The maximum Gasteiger partial charge on any atom is 0.180 e. The van der Waals surface area contributed by atoms with E-state index in [9.17, 15) is 9.50 Å². The summed E-state index contributed by atoms with van der Waals surface area (Å²) in [4.78, 5) is 4.22. The molecule has 0 bridgehead atoms. The van der Waals surface area contributed by atoms with Crippen LogP contribution in [0.3, 0.4) is 0 Å². The number of aliphatic hydroxyl groups excluding tert-OH is 2. The summed E-state index contributed by atoms with van der Waals surface area (Å²) in [6.07, 6.45) is -5.22. The maximum atomic E-state index is 14.3. The molecule has 114 valence electrons. The standard InChI is InChI=1S/C12H10BrCl2FN2O3/c13-12-17-6-1-4(14)5(15)2-7(6)18(12)11-9(16)10(20)8(3-19)21-11/h1-2,8-11,19-20H,3H2/t8-,9-,10-,11-/m1/s1. The molecule has 0 spiro atoms. The molecule has 0 amide bonds. The number of ether oxygens (including phenoxy) is 1. The first-order valence-electron chi connectivity index (χ1n) is 6.05. The summed E-state index contributed by atoms with van der Waals surface area (Å²) in [7, 11) is 0. The molecule has 21 heavy (non-hydrogen) atoms. The van der Waals surface area contributed by atoms with Crippen molar-refractivity contribution in [3.8, 4) is 0 Å². The molecular formula is C12H10BrCl2FN2O3. The van der Waals surface area contributed by atoms with E-state index in [1.54, 1.807) is 12.1 Å². The molecule has 2 heterocycles. The molecule has 0 radical (unpaired) electrons. The van der Waals surface area contributed by atoms with Crippen LogP contribution in [0.1, 0.15) is 6.23 Å². The van der Waals surface area contributed by atoms with E-state index in [1.807, 2.05) is 0 Å². The third kappa shape index (κ3) is 2.46. The number of halogens is 4. The van der Waals surface area contributed by atoms with Crippen molar-refractivity contribution in [2.24, 2.45) is 0 Å². The minimum absolute atomic E-state index is 0.297. The SMILES string of the molecule is OC[C@H]1O[C@@H](n2c(Br)nc3cc(Cl)c(Cl)cc32)[C@H](F)[C@@H]1O. The van der Waals surface area contributed by atoms with Gasteiger partial charge < -0.3 is 14.9 Å². The molecular weight excluding hydrogens is 390 g/mol. The van der Waals surface area contributed by atoms with E-state index >= 15 is 0 Å². The average Bonchev–Trinajstić information content (AvgIpc) is 2.89. The second kappa shape index (κ2) is 5.64. The van der Waals surface area contributed by atoms with Crippen LogP contribution >= 0.6 is 39.1 Å². The van der Waals surface area contributed by atoms with E-state index in [0.717, 1.165) is 0 Å². The smallest absolute Gasteiger partial charge is 0.180 e. The molecule has 5 nitrogen and oxygen atoms in total. The summed E-state index contributed by atoms with van der Waals surface area (Å²) in [6.45, 7) is -0.477. The molecule has 1 aromatic carbocycles. The lowest BCUT2D eigenvalue weighted by molar-refractivity contribution is -0.0465. The Morgan fingerprint density at radius 3 is 2.67 bits per heavy atom. The van der Waals surface area contributed by atoms with Gasteiger partial charge in [0.25, 0.3) is 0 Å². The zero-order valence-corrected chi connectivity index (χ0v) is 13.5. The fraction of sp³-hybridized carbons (Fsp3) is 0.417. The van der Waals surface area contributed by atoms with Crippen molar-refractivity contribution >= 4 is 50.2 Å². The van der Waals surface area contributed by atoms with Gasteiger partial charge in [-0.15, -0.1) is 0 Å². The van der Waals surface area contributed by atoms with E-state index in [4.69, 9.17) is 33.0 Å². The topological polar surface area (TPSA) is 67.5 Å². The molecule has 0 saturated carbocycles. The number of aliphatic hydroxyl groups is 2. The van der Waals surface area contributed by atoms with Crippen LogP contribution in [0.4, 0.5) is 4.39 Å². The molecule has 0 aliphatic carbocycles. The molecule has 0 unspecified atom stereocenters. The normalized spacial score (nSPS) is 29.4. The Bertz CT molecular complexity index is 699. The highest BCUT2D eigenvalue weighted by molar-refractivity contribution is 9.10. The van der Waals surface area contributed by atoms with E-state index in [1.165, 1.54) is 4.57 Å². The number of hydrogen-bond donors (Lipinski definition) is 2. The molecule has 4 atom stereocenters. The van der Waals surface area contributed by atoms with Crippen LogP contribution in [0.2, 0.25) is 10.0 Å². The van der Waals surface area contributed by atoms with Crippen molar-refractivity contribution in [2.45, 2.75) is 24.6 Å². The lowest BCUT2D eigenvalue weighted by Crippen LogP contribution is -2.30. The van der Waals surface area contributed by atoms with Crippen molar-refractivity contribution in [1.82, 2.24) is 9.55 Å². The van der Waals surface area contributed by atoms with Crippen LogP contribution in [0.25, 0.3) is 11.0 Å². The summed E-state index contributed by atoms with van der Waals surface area (Å²) < 4.78 is 21.4. The average molecular weight is 400 g/mol. The molecule has 1 aromatic heterocycles. The quantitative estimate of drug-likeness (QED) is 0.814. The van der Waals surface area contributed by atoms with Crippen molar-refractivity contribution in [3.63, 3.8) is 0 Å². The largest absolute Gasteiger partial charge is 0.394 e. The summed E-state index contributed by atoms with van der Waals surface area (Å²) in [5.74, 6) is 0. The van der Waals surface area contributed by atoms with Gasteiger partial charge in [-0.25, -0.2) is 9.37 Å². The Labute approximate surface area is 137 Å². The van der Waals surface area contributed by atoms with Gasteiger partial charge in [0, 0.05) is 0 Å². The first-order valence-corrected chi connectivity index (χ1v) is 7.60. The van der Waals surface area contributed by atoms with Gasteiger partial charge >= 0.3 is 0 Å². The highest BCUT2D eigenvalue weighted by atomic mass is 79.9. The molecule has 1 aliphatic rings. The molecule has 1 aliphatic heterocycles. The Hall–Kier alpha value is -0.440. The van der Waals surface area contributed by atoms with Crippen LogP contribution in [-0.2, 0) is 4.74 Å². The molecule has 2 N–H and O–H groups in total. The first kappa shape index (κ1) is 15.5. The Morgan fingerprint density at radius 2 is 2.05 bits per heavy atom. The van der Waals surface area contributed by atoms with Crippen molar-refractivity contribution in [1.29, 1.82) is 0 Å². The number of fused-ring (bicyclic) bond motifs is 1. The van der Waals surface area contributed by atoms with E-state index in [0.29, 0.717) is 25.8 Å². The predicted molar refractivity (Wildman–Crippen MR) is 79.4 cm³/mol. The van der Waals surface area contributed by atoms with Crippen LogP contribution in [-0.4, -0.2) is 44.8 Å². The zero-order valence-electron chi connectivity index (χ0n) is 10.4. The number of nitrogens with zero attached hydrogens (tertiary/aromatic N) is 2. The lowest BCUT2D eigenvalue weighted by Gasteiger charge is -2.17. The number of rotatable bonds is 2. The Morgan fingerprint density at radius 1 is 1.38 bits per heavy atom.